The van der Waals surface area contributed by atoms with Crippen molar-refractivity contribution in [2.45, 2.75) is 19.8 Å². The summed E-state index contributed by atoms with van der Waals surface area (Å²) in [6.07, 6.45) is 3.67. The molecule has 0 spiro atoms. The van der Waals surface area contributed by atoms with Crippen molar-refractivity contribution in [3.8, 4) is 0 Å². The second-order valence-corrected chi connectivity index (χ2v) is 1.74. The van der Waals surface area contributed by atoms with Crippen LogP contribution >= 0.6 is 0 Å². The molecule has 4 nitrogen and oxygen atoms in total. The molecule has 0 rings (SSSR count). The van der Waals surface area contributed by atoms with Gasteiger partial charge in [-0.15, -0.1) is 0 Å². The van der Waals surface area contributed by atoms with Crippen LogP contribution in [0.2, 0.25) is 0 Å². The van der Waals surface area contributed by atoms with Crippen molar-refractivity contribution in [1.82, 2.24) is 0 Å². The van der Waals surface area contributed by atoms with Crippen LogP contribution in [0.15, 0.2) is 12.3 Å². The predicted octanol–water partition coefficient (Wildman–Crippen LogP) is 1.61. The van der Waals surface area contributed by atoms with Crippen LogP contribution in [0.5, 0.6) is 0 Å². The number of hydrogen-bond donors (Lipinski definition) is 0. The highest BCUT2D eigenvalue weighted by Gasteiger charge is 1.97. The van der Waals surface area contributed by atoms with Crippen molar-refractivity contribution in [3.63, 3.8) is 0 Å². The summed E-state index contributed by atoms with van der Waals surface area (Å²) in [6.45, 7) is 2.02. The maximum absolute atomic E-state index is 10.3. The largest absolute Gasteiger partial charge is 0.520 e. The van der Waals surface area contributed by atoms with Crippen LogP contribution in [-0.2, 0) is 14.3 Å². The van der Waals surface area contributed by atoms with Crippen molar-refractivity contribution in [2.24, 2.45) is 0 Å². The Hall–Kier alpha value is -1.32. The maximum Gasteiger partial charge on any atom is 0.520 e. The molecule has 11 heavy (non-hydrogen) atoms. The lowest BCUT2D eigenvalue weighted by atomic mass is 10.3. The first-order chi connectivity index (χ1) is 5.31. The number of ether oxygens (including phenoxy) is 2. The van der Waals surface area contributed by atoms with Gasteiger partial charge in [0.25, 0.3) is 0 Å². The Morgan fingerprint density at radius 1 is 1.45 bits per heavy atom. The Balaban J connectivity index is 3.36. The number of rotatable bonds is 4. The highest BCUT2D eigenvalue weighted by molar-refractivity contribution is 5.69. The summed E-state index contributed by atoms with van der Waals surface area (Å²) < 4.78 is 8.14. The molecule has 62 valence electrons. The zero-order valence-corrected chi connectivity index (χ0v) is 6.28. The van der Waals surface area contributed by atoms with Gasteiger partial charge in [-0.25, -0.2) is 4.79 Å². The van der Waals surface area contributed by atoms with E-state index in [1.54, 1.807) is 6.08 Å². The molecule has 4 heteroatoms. The number of hydrogen-bond acceptors (Lipinski definition) is 4. The predicted molar refractivity (Wildman–Crippen MR) is 37.7 cm³/mol. The van der Waals surface area contributed by atoms with E-state index < -0.39 is 6.16 Å². The van der Waals surface area contributed by atoms with E-state index in [0.717, 1.165) is 12.8 Å². The smallest absolute Gasteiger partial charge is 0.403 e. The molecule has 0 aliphatic carbocycles. The Labute approximate surface area is 64.8 Å². The van der Waals surface area contributed by atoms with Gasteiger partial charge in [0.2, 0.25) is 0 Å². The molecule has 0 radical (unpaired) electrons. The molecule has 0 amide bonds. The summed E-state index contributed by atoms with van der Waals surface area (Å²) >= 11 is 0. The van der Waals surface area contributed by atoms with E-state index in [0.29, 0.717) is 0 Å². The number of carbonyl (C=O) groups is 2. The van der Waals surface area contributed by atoms with Gasteiger partial charge in [-0.1, -0.05) is 13.3 Å². The molecule has 0 saturated carbocycles. The van der Waals surface area contributed by atoms with E-state index in [9.17, 15) is 9.59 Å². The van der Waals surface area contributed by atoms with Gasteiger partial charge >= 0.3 is 12.6 Å². The van der Waals surface area contributed by atoms with Crippen molar-refractivity contribution in [2.75, 3.05) is 0 Å². The van der Waals surface area contributed by atoms with Crippen LogP contribution in [0, 0.1) is 0 Å². The fourth-order valence-corrected chi connectivity index (χ4v) is 0.405. The van der Waals surface area contributed by atoms with Crippen LogP contribution in [-0.4, -0.2) is 12.6 Å². The van der Waals surface area contributed by atoms with E-state index in [2.05, 4.69) is 9.47 Å². The van der Waals surface area contributed by atoms with Crippen molar-refractivity contribution in [3.05, 3.63) is 12.3 Å². The monoisotopic (exact) mass is 158 g/mol. The van der Waals surface area contributed by atoms with Gasteiger partial charge in [-0.2, -0.15) is 0 Å². The van der Waals surface area contributed by atoms with Gasteiger partial charge in [0, 0.05) is 0 Å². The number of carbonyl (C=O) groups excluding carboxylic acids is 2. The van der Waals surface area contributed by atoms with E-state index in [1.807, 2.05) is 6.92 Å². The summed E-state index contributed by atoms with van der Waals surface area (Å²) in [5.74, 6) is 0. The second-order valence-electron chi connectivity index (χ2n) is 1.74. The van der Waals surface area contributed by atoms with Crippen LogP contribution in [0.25, 0.3) is 0 Å². The molecule has 0 aliphatic heterocycles. The number of unbranched alkanes of at least 4 members (excludes halogenated alkanes) is 1. The lowest BCUT2D eigenvalue weighted by Crippen LogP contribution is -2.00. The van der Waals surface area contributed by atoms with E-state index >= 15 is 0 Å². The number of allylic oxidation sites excluding steroid dienone is 1. The summed E-state index contributed by atoms with van der Waals surface area (Å²) in [5, 5.41) is 0. The normalized spacial score (nSPS) is 9.55. The van der Waals surface area contributed by atoms with Crippen LogP contribution in [0.4, 0.5) is 4.79 Å². The van der Waals surface area contributed by atoms with Gasteiger partial charge < -0.3 is 9.47 Å². The maximum atomic E-state index is 10.3. The first-order valence-electron chi connectivity index (χ1n) is 3.27. The average molecular weight is 158 g/mol. The SMILES string of the molecule is CCCC=COC(=O)OC=O. The Bertz CT molecular complexity index is 151. The Morgan fingerprint density at radius 2 is 2.18 bits per heavy atom. The lowest BCUT2D eigenvalue weighted by molar-refractivity contribution is -0.124. The zero-order chi connectivity index (χ0) is 8.53. The molecule has 0 fully saturated rings. The first kappa shape index (κ1) is 9.68. The highest BCUT2D eigenvalue weighted by atomic mass is 16.7. The van der Waals surface area contributed by atoms with Gasteiger partial charge in [-0.05, 0) is 12.5 Å². The third-order valence-corrected chi connectivity index (χ3v) is 0.860. The quantitative estimate of drug-likeness (QED) is 0.270. The molecule has 0 unspecified atom stereocenters. The Morgan fingerprint density at radius 3 is 2.73 bits per heavy atom. The first-order valence-corrected chi connectivity index (χ1v) is 3.27. The molecule has 0 aromatic rings. The average Bonchev–Trinajstić information content (AvgIpc) is 1.99. The molecule has 0 aromatic carbocycles. The highest BCUT2D eigenvalue weighted by Crippen LogP contribution is 1.90. The Kier molecular flexibility index (Phi) is 5.98. The second kappa shape index (κ2) is 6.80. The van der Waals surface area contributed by atoms with Gasteiger partial charge in [0.05, 0.1) is 6.26 Å². The van der Waals surface area contributed by atoms with Crippen molar-refractivity contribution < 1.29 is 19.1 Å². The van der Waals surface area contributed by atoms with E-state index in [1.165, 1.54) is 6.26 Å². The molecule has 0 saturated heterocycles. The third kappa shape index (κ3) is 6.57. The van der Waals surface area contributed by atoms with Gasteiger partial charge in [0.1, 0.15) is 0 Å². The van der Waals surface area contributed by atoms with E-state index in [-0.39, 0.29) is 6.47 Å². The van der Waals surface area contributed by atoms with Gasteiger partial charge in [-0.3, -0.25) is 4.79 Å². The summed E-state index contributed by atoms with van der Waals surface area (Å²) in [5.41, 5.74) is 0. The lowest BCUT2D eigenvalue weighted by Gasteiger charge is -1.92. The van der Waals surface area contributed by atoms with E-state index in [4.69, 9.17) is 0 Å². The molecule has 0 heterocycles. The summed E-state index contributed by atoms with van der Waals surface area (Å²) in [7, 11) is 0. The zero-order valence-electron chi connectivity index (χ0n) is 6.28. The molecular formula is C7H10O4. The molecule has 0 aliphatic rings. The minimum Gasteiger partial charge on any atom is -0.403 e. The van der Waals surface area contributed by atoms with Gasteiger partial charge in [0.15, 0.2) is 0 Å². The molecular weight excluding hydrogens is 148 g/mol. The molecule has 0 N–H and O–H groups in total. The minimum absolute atomic E-state index is 0.0238. The summed E-state index contributed by atoms with van der Waals surface area (Å²) in [4.78, 5) is 19.8. The standard InChI is InChI=1S/C7H10O4/c1-2-3-4-5-10-7(9)11-6-8/h4-6H,2-3H2,1H3. The fourth-order valence-electron chi connectivity index (χ4n) is 0.405. The van der Waals surface area contributed by atoms with Crippen molar-refractivity contribution in [1.29, 1.82) is 0 Å². The minimum atomic E-state index is -1.01. The van der Waals surface area contributed by atoms with Crippen LogP contribution in [0.3, 0.4) is 0 Å². The van der Waals surface area contributed by atoms with Crippen LogP contribution in [0.1, 0.15) is 19.8 Å². The topological polar surface area (TPSA) is 52.6 Å². The molecule has 0 atom stereocenters. The molecule has 0 aromatic heterocycles. The van der Waals surface area contributed by atoms with Crippen molar-refractivity contribution >= 4 is 12.6 Å². The third-order valence-electron chi connectivity index (χ3n) is 0.860. The summed E-state index contributed by atoms with van der Waals surface area (Å²) in [6, 6.07) is 0. The molecule has 0 bridgehead atoms. The van der Waals surface area contributed by atoms with Crippen LogP contribution < -0.4 is 0 Å². The fraction of sp³-hybridized carbons (Fsp3) is 0.429.